The Balaban J connectivity index is 0. The van der Waals surface area contributed by atoms with Crippen molar-refractivity contribution in [1.82, 2.24) is 10.2 Å². The third kappa shape index (κ3) is 8.29. The van der Waals surface area contributed by atoms with Gasteiger partial charge >= 0.3 is 0 Å². The van der Waals surface area contributed by atoms with Gasteiger partial charge in [-0.3, -0.25) is 4.79 Å². The van der Waals surface area contributed by atoms with Crippen molar-refractivity contribution in [3.63, 3.8) is 0 Å². The summed E-state index contributed by atoms with van der Waals surface area (Å²) >= 11 is 0. The monoisotopic (exact) mass is 353 g/mol. The number of nitrogens with one attached hydrogen (secondary N) is 1. The van der Waals surface area contributed by atoms with Crippen LogP contribution in [0.15, 0.2) is 18.2 Å². The molecule has 0 unspecified atom stereocenters. The van der Waals surface area contributed by atoms with Crippen LogP contribution in [0.3, 0.4) is 0 Å². The Morgan fingerprint density at radius 1 is 1.27 bits per heavy atom. The smallest absolute Gasteiger partial charge is 0.234 e. The van der Waals surface area contributed by atoms with E-state index in [2.05, 4.69) is 5.32 Å². The molecule has 0 saturated heterocycles. The molecule has 0 atom stereocenters. The van der Waals surface area contributed by atoms with Crippen molar-refractivity contribution in [2.24, 2.45) is 5.73 Å². The molecule has 0 saturated carbocycles. The van der Waals surface area contributed by atoms with Crippen LogP contribution in [0.25, 0.3) is 0 Å². The molecule has 0 fully saturated rings. The number of benzene rings is 1. The third-order valence-corrected chi connectivity index (χ3v) is 2.70. The summed E-state index contributed by atoms with van der Waals surface area (Å²) in [6.45, 7) is 1.83. The second-order valence-corrected chi connectivity index (χ2v) is 4.62. The molecule has 128 valence electrons. The lowest BCUT2D eigenvalue weighted by Crippen LogP contribution is -2.29. The second kappa shape index (κ2) is 12.3. The van der Waals surface area contributed by atoms with Crippen LogP contribution < -0.4 is 20.5 Å². The number of nitrogens with zero attached hydrogens (tertiary/aromatic N) is 1. The fourth-order valence-corrected chi connectivity index (χ4v) is 1.55. The Morgan fingerprint density at radius 3 is 2.50 bits per heavy atom. The average Bonchev–Trinajstić information content (AvgIpc) is 2.45. The van der Waals surface area contributed by atoms with Gasteiger partial charge in [-0.2, -0.15) is 0 Å². The SMILES string of the molecule is COc1cc(CNC(=O)CN)ccc1OCCN(C)C.Cl.Cl. The molecular weight excluding hydrogens is 329 g/mol. The van der Waals surface area contributed by atoms with Gasteiger partial charge in [0.25, 0.3) is 0 Å². The van der Waals surface area contributed by atoms with E-state index in [9.17, 15) is 4.79 Å². The van der Waals surface area contributed by atoms with Crippen molar-refractivity contribution in [2.75, 3.05) is 40.9 Å². The van der Waals surface area contributed by atoms with Crippen LogP contribution in [0.4, 0.5) is 0 Å². The van der Waals surface area contributed by atoms with Gasteiger partial charge in [0.2, 0.25) is 5.91 Å². The third-order valence-electron chi connectivity index (χ3n) is 2.70. The van der Waals surface area contributed by atoms with Gasteiger partial charge in [0.15, 0.2) is 11.5 Å². The Bertz CT molecular complexity index is 445. The van der Waals surface area contributed by atoms with Gasteiger partial charge in [-0.15, -0.1) is 24.8 Å². The minimum atomic E-state index is -0.185. The first-order valence-corrected chi connectivity index (χ1v) is 6.48. The molecular formula is C14H25Cl2N3O3. The number of likely N-dealkylation sites (N-methyl/N-ethyl adjacent to an activating group) is 1. The number of amides is 1. The largest absolute Gasteiger partial charge is 0.493 e. The highest BCUT2D eigenvalue weighted by atomic mass is 35.5. The van der Waals surface area contributed by atoms with Crippen LogP contribution in [-0.2, 0) is 11.3 Å². The van der Waals surface area contributed by atoms with Gasteiger partial charge in [0.05, 0.1) is 13.7 Å². The predicted octanol–water partition coefficient (Wildman–Crippen LogP) is 1.05. The van der Waals surface area contributed by atoms with E-state index >= 15 is 0 Å². The van der Waals surface area contributed by atoms with Crippen LogP contribution in [0.1, 0.15) is 5.56 Å². The molecule has 0 aliphatic heterocycles. The van der Waals surface area contributed by atoms with Gasteiger partial charge in [0.1, 0.15) is 6.61 Å². The molecule has 1 rings (SSSR count). The molecule has 6 nitrogen and oxygen atoms in total. The Labute approximate surface area is 144 Å². The summed E-state index contributed by atoms with van der Waals surface area (Å²) in [6, 6.07) is 5.59. The van der Waals surface area contributed by atoms with E-state index in [1.165, 1.54) is 0 Å². The number of nitrogens with two attached hydrogens (primary N) is 1. The van der Waals surface area contributed by atoms with E-state index in [4.69, 9.17) is 15.2 Å². The zero-order valence-electron chi connectivity index (χ0n) is 13.1. The maximum atomic E-state index is 11.1. The van der Waals surface area contributed by atoms with Gasteiger partial charge < -0.3 is 25.4 Å². The first-order valence-electron chi connectivity index (χ1n) is 6.48. The summed E-state index contributed by atoms with van der Waals surface area (Å²) in [6.07, 6.45) is 0. The van der Waals surface area contributed by atoms with Crippen LogP contribution >= 0.6 is 24.8 Å². The highest BCUT2D eigenvalue weighted by Crippen LogP contribution is 2.27. The van der Waals surface area contributed by atoms with Gasteiger partial charge in [-0.25, -0.2) is 0 Å². The van der Waals surface area contributed by atoms with Crippen molar-refractivity contribution in [3.8, 4) is 11.5 Å². The maximum Gasteiger partial charge on any atom is 0.234 e. The number of methoxy groups -OCH3 is 1. The average molecular weight is 354 g/mol. The zero-order chi connectivity index (χ0) is 15.0. The van der Waals surface area contributed by atoms with E-state index in [0.717, 1.165) is 12.1 Å². The first kappa shape index (κ1) is 23.1. The first-order chi connectivity index (χ1) is 9.56. The minimum Gasteiger partial charge on any atom is -0.493 e. The zero-order valence-corrected chi connectivity index (χ0v) is 14.8. The molecule has 0 spiro atoms. The lowest BCUT2D eigenvalue weighted by atomic mass is 10.2. The van der Waals surface area contributed by atoms with E-state index in [1.807, 2.05) is 37.2 Å². The lowest BCUT2D eigenvalue weighted by Gasteiger charge is -2.14. The molecule has 1 aromatic rings. The van der Waals surface area contributed by atoms with Crippen molar-refractivity contribution < 1.29 is 14.3 Å². The maximum absolute atomic E-state index is 11.1. The van der Waals surface area contributed by atoms with Crippen molar-refractivity contribution in [1.29, 1.82) is 0 Å². The minimum absolute atomic E-state index is 0. The molecule has 0 radical (unpaired) electrons. The standard InChI is InChI=1S/C14H23N3O3.2ClH/c1-17(2)6-7-20-12-5-4-11(8-13(12)19-3)10-16-14(18)9-15;;/h4-5,8H,6-7,9-10,15H2,1-3H3,(H,16,18);2*1H. The van der Waals surface area contributed by atoms with Crippen LogP contribution in [0.2, 0.25) is 0 Å². The molecule has 3 N–H and O–H groups in total. The van der Waals surface area contributed by atoms with Crippen molar-refractivity contribution >= 4 is 30.7 Å². The van der Waals surface area contributed by atoms with E-state index < -0.39 is 0 Å². The van der Waals surface area contributed by atoms with Gasteiger partial charge in [-0.1, -0.05) is 6.07 Å². The van der Waals surface area contributed by atoms with Crippen LogP contribution in [0.5, 0.6) is 11.5 Å². The normalized spacial score (nSPS) is 9.50. The molecule has 0 aromatic heterocycles. The quantitative estimate of drug-likeness (QED) is 0.730. The van der Waals surface area contributed by atoms with E-state index in [-0.39, 0.29) is 37.3 Å². The molecule has 0 bridgehead atoms. The van der Waals surface area contributed by atoms with Crippen LogP contribution in [-0.4, -0.2) is 51.7 Å². The molecule has 1 amide bonds. The molecule has 0 aliphatic rings. The van der Waals surface area contributed by atoms with Crippen molar-refractivity contribution in [3.05, 3.63) is 23.8 Å². The summed E-state index contributed by atoms with van der Waals surface area (Å²) in [5.74, 6) is 1.17. The second-order valence-electron chi connectivity index (χ2n) is 4.62. The summed E-state index contributed by atoms with van der Waals surface area (Å²) in [4.78, 5) is 13.2. The lowest BCUT2D eigenvalue weighted by molar-refractivity contribution is -0.119. The highest BCUT2D eigenvalue weighted by molar-refractivity contribution is 5.85. The van der Waals surface area contributed by atoms with Crippen LogP contribution in [0, 0.1) is 0 Å². The fraction of sp³-hybridized carbons (Fsp3) is 0.500. The Morgan fingerprint density at radius 2 is 1.95 bits per heavy atom. The van der Waals surface area contributed by atoms with Gasteiger partial charge in [0, 0.05) is 13.1 Å². The summed E-state index contributed by atoms with van der Waals surface area (Å²) in [7, 11) is 5.57. The number of ether oxygens (including phenoxy) is 2. The number of carbonyl (C=O) groups excluding carboxylic acids is 1. The van der Waals surface area contributed by atoms with Crippen molar-refractivity contribution in [2.45, 2.75) is 6.54 Å². The molecule has 1 aromatic carbocycles. The Hall–Kier alpha value is -1.21. The molecule has 0 heterocycles. The van der Waals surface area contributed by atoms with E-state index in [1.54, 1.807) is 7.11 Å². The number of hydrogen-bond acceptors (Lipinski definition) is 5. The highest BCUT2D eigenvalue weighted by Gasteiger charge is 2.07. The number of carbonyl (C=O) groups is 1. The number of halogens is 2. The topological polar surface area (TPSA) is 76.8 Å². The molecule has 8 heteroatoms. The number of hydrogen-bond donors (Lipinski definition) is 2. The Kier molecular flexibility index (Phi) is 12.9. The fourth-order valence-electron chi connectivity index (χ4n) is 1.55. The summed E-state index contributed by atoms with van der Waals surface area (Å²) in [5, 5.41) is 2.71. The predicted molar refractivity (Wildman–Crippen MR) is 92.4 cm³/mol. The summed E-state index contributed by atoms with van der Waals surface area (Å²) < 4.78 is 11.0. The molecule has 0 aliphatic carbocycles. The summed E-state index contributed by atoms with van der Waals surface area (Å²) in [5.41, 5.74) is 6.17. The van der Waals surface area contributed by atoms with E-state index in [0.29, 0.717) is 24.7 Å². The molecule has 22 heavy (non-hydrogen) atoms. The van der Waals surface area contributed by atoms with Gasteiger partial charge in [-0.05, 0) is 31.8 Å². The number of rotatable bonds is 8.